The lowest BCUT2D eigenvalue weighted by molar-refractivity contribution is -0.633. The Balaban J connectivity index is 1.38. The number of aryl methyl sites for hydroxylation is 3. The fourth-order valence-electron chi connectivity index (χ4n) is 7.57. The summed E-state index contributed by atoms with van der Waals surface area (Å²) in [5.74, 6) is 1.72. The van der Waals surface area contributed by atoms with Gasteiger partial charge in [0.1, 0.15) is 16.8 Å². The number of rotatable bonds is 6. The maximum absolute atomic E-state index is 8.22. The van der Waals surface area contributed by atoms with Crippen LogP contribution in [-0.2, 0) is 7.05 Å². The second-order valence-corrected chi connectivity index (χ2v) is 13.9. The summed E-state index contributed by atoms with van der Waals surface area (Å²) >= 11 is 0. The summed E-state index contributed by atoms with van der Waals surface area (Å²) < 4.78 is 36.4. The molecule has 0 amide bonds. The molecular formula is C46H43N2O+. The van der Waals surface area contributed by atoms with E-state index < -0.39 is 6.85 Å². The third-order valence-corrected chi connectivity index (χ3v) is 10.1. The van der Waals surface area contributed by atoms with E-state index in [9.17, 15) is 0 Å². The Morgan fingerprint density at radius 3 is 2.04 bits per heavy atom. The fourth-order valence-corrected chi connectivity index (χ4v) is 7.57. The van der Waals surface area contributed by atoms with Crippen LogP contribution in [0.3, 0.4) is 0 Å². The summed E-state index contributed by atoms with van der Waals surface area (Å²) in [6, 6.07) is 41.5. The molecule has 0 bridgehead atoms. The van der Waals surface area contributed by atoms with E-state index in [4.69, 9.17) is 8.53 Å². The second kappa shape index (κ2) is 11.9. The summed E-state index contributed by atoms with van der Waals surface area (Å²) in [5, 5.41) is 2.10. The van der Waals surface area contributed by atoms with Gasteiger partial charge in [0, 0.05) is 26.0 Å². The van der Waals surface area contributed by atoms with Crippen LogP contribution in [0.25, 0.3) is 72.3 Å². The molecule has 0 radical (unpaired) electrons. The average Bonchev–Trinajstić information content (AvgIpc) is 3.65. The van der Waals surface area contributed by atoms with Crippen molar-refractivity contribution in [2.75, 3.05) is 0 Å². The van der Waals surface area contributed by atoms with Crippen LogP contribution in [0, 0.1) is 13.8 Å². The molecule has 0 fully saturated rings. The Bertz CT molecular complexity index is 2620. The zero-order valence-corrected chi connectivity index (χ0v) is 29.0. The van der Waals surface area contributed by atoms with Gasteiger partial charge in [0.2, 0.25) is 0 Å². The molecule has 8 rings (SSSR count). The number of fused-ring (bicyclic) bond motifs is 4. The van der Waals surface area contributed by atoms with Gasteiger partial charge in [-0.25, -0.2) is 4.57 Å². The van der Waals surface area contributed by atoms with Gasteiger partial charge in [-0.15, -0.1) is 0 Å². The molecule has 2 aromatic heterocycles. The van der Waals surface area contributed by atoms with E-state index >= 15 is 0 Å². The standard InChI is InChI=1S/C46H43N2O/c1-28(2)35-16-13-17-36(29(3)4)44(35)48-41-19-12-11-18-40(41)47(7)46(48)43-31(6)21-24-38-37-25-23-34(27-42(37)49-45(38)43)33-22-20-30(5)39(26-33)32-14-9-8-10-15-32/h8-29H,1-7H3/q+1/i5D3. The third-order valence-electron chi connectivity index (χ3n) is 10.1. The topological polar surface area (TPSA) is 21.9 Å². The van der Waals surface area contributed by atoms with Gasteiger partial charge >= 0.3 is 0 Å². The summed E-state index contributed by atoms with van der Waals surface area (Å²) in [6.07, 6.45) is 0. The van der Waals surface area contributed by atoms with Crippen LogP contribution in [0.2, 0.25) is 0 Å². The minimum atomic E-state index is -2.23. The molecule has 0 N–H and O–H groups in total. The highest BCUT2D eigenvalue weighted by Gasteiger charge is 2.33. The number of hydrogen-bond donors (Lipinski definition) is 0. The lowest BCUT2D eigenvalue weighted by Crippen LogP contribution is -2.30. The maximum atomic E-state index is 8.22. The van der Waals surface area contributed by atoms with Crippen LogP contribution in [0.5, 0.6) is 0 Å². The Labute approximate surface area is 293 Å². The van der Waals surface area contributed by atoms with E-state index in [-0.39, 0.29) is 0 Å². The van der Waals surface area contributed by atoms with E-state index in [1.807, 2.05) is 42.5 Å². The van der Waals surface area contributed by atoms with Gasteiger partial charge < -0.3 is 4.42 Å². The Kier molecular flexibility index (Phi) is 6.70. The highest BCUT2D eigenvalue weighted by atomic mass is 16.3. The van der Waals surface area contributed by atoms with Gasteiger partial charge in [-0.3, -0.25) is 0 Å². The Morgan fingerprint density at radius 1 is 0.653 bits per heavy atom. The molecule has 6 aromatic carbocycles. The van der Waals surface area contributed by atoms with E-state index in [1.54, 1.807) is 6.07 Å². The molecule has 0 spiro atoms. The van der Waals surface area contributed by atoms with E-state index in [1.165, 1.54) is 16.8 Å². The lowest BCUT2D eigenvalue weighted by atomic mass is 9.92. The molecular weight excluding hydrogens is 597 g/mol. The van der Waals surface area contributed by atoms with E-state index in [0.29, 0.717) is 23.0 Å². The zero-order valence-electron chi connectivity index (χ0n) is 32.0. The molecule has 2 heterocycles. The first-order valence-corrected chi connectivity index (χ1v) is 17.2. The first-order valence-electron chi connectivity index (χ1n) is 18.7. The summed E-state index contributed by atoms with van der Waals surface area (Å²) in [6.45, 7) is 9.04. The smallest absolute Gasteiger partial charge is 0.299 e. The predicted molar refractivity (Wildman–Crippen MR) is 206 cm³/mol. The van der Waals surface area contributed by atoms with Crippen molar-refractivity contribution in [3.05, 3.63) is 144 Å². The van der Waals surface area contributed by atoms with Crippen molar-refractivity contribution in [2.24, 2.45) is 7.05 Å². The number of hydrogen-bond acceptors (Lipinski definition) is 1. The molecule has 242 valence electrons. The molecule has 0 aliphatic rings. The normalized spacial score (nSPS) is 13.1. The number of benzene rings is 6. The molecule has 3 nitrogen and oxygen atoms in total. The van der Waals surface area contributed by atoms with Crippen molar-refractivity contribution >= 4 is 33.0 Å². The van der Waals surface area contributed by atoms with E-state index in [0.717, 1.165) is 66.6 Å². The van der Waals surface area contributed by atoms with Gasteiger partial charge in [-0.05, 0) is 89.3 Å². The first kappa shape index (κ1) is 27.5. The molecule has 0 aliphatic carbocycles. The molecule has 49 heavy (non-hydrogen) atoms. The molecule has 0 unspecified atom stereocenters. The van der Waals surface area contributed by atoms with Crippen molar-refractivity contribution in [1.82, 2.24) is 4.57 Å². The summed E-state index contributed by atoms with van der Waals surface area (Å²) in [4.78, 5) is 0. The monoisotopic (exact) mass is 642 g/mol. The van der Waals surface area contributed by atoms with Crippen LogP contribution in [0.4, 0.5) is 0 Å². The Hall–Kier alpha value is -5.41. The Morgan fingerprint density at radius 2 is 1.31 bits per heavy atom. The van der Waals surface area contributed by atoms with Crippen LogP contribution < -0.4 is 4.57 Å². The van der Waals surface area contributed by atoms with Crippen molar-refractivity contribution in [3.63, 3.8) is 0 Å². The molecule has 0 saturated carbocycles. The van der Waals surface area contributed by atoms with Crippen molar-refractivity contribution in [2.45, 2.75) is 53.3 Å². The highest BCUT2D eigenvalue weighted by molar-refractivity contribution is 6.10. The van der Waals surface area contributed by atoms with Gasteiger partial charge in [0.15, 0.2) is 16.6 Å². The maximum Gasteiger partial charge on any atom is 0.299 e. The SMILES string of the molecule is [2H]C([2H])([2H])c1ccc(-c2ccc3c(c2)oc2c(-c4n(-c5c(C(C)C)cccc5C(C)C)c5ccccc5[n+]4C)c(C)ccc23)cc1-c1ccccc1. The molecule has 3 heteroatoms. The van der Waals surface area contributed by atoms with Gasteiger partial charge in [-0.1, -0.05) is 119 Å². The third kappa shape index (κ3) is 4.99. The highest BCUT2D eigenvalue weighted by Crippen LogP contribution is 2.42. The van der Waals surface area contributed by atoms with Crippen molar-refractivity contribution in [3.8, 4) is 39.3 Å². The fraction of sp³-hybridized carbons (Fsp3) is 0.196. The number of imidazole rings is 1. The number of furan rings is 1. The van der Waals surface area contributed by atoms with Crippen LogP contribution in [0.1, 0.15) is 65.9 Å². The molecule has 0 saturated heterocycles. The predicted octanol–water partition coefficient (Wildman–Crippen LogP) is 12.2. The minimum absolute atomic E-state index is 0.325. The minimum Gasteiger partial charge on any atom is -0.455 e. The van der Waals surface area contributed by atoms with Gasteiger partial charge in [0.25, 0.3) is 5.82 Å². The lowest BCUT2D eigenvalue weighted by Gasteiger charge is -2.18. The molecule has 0 atom stereocenters. The number of para-hydroxylation sites is 3. The van der Waals surface area contributed by atoms with Crippen LogP contribution in [0.15, 0.2) is 126 Å². The quantitative estimate of drug-likeness (QED) is 0.165. The summed E-state index contributed by atoms with van der Waals surface area (Å²) in [5.41, 5.74) is 13.8. The summed E-state index contributed by atoms with van der Waals surface area (Å²) in [7, 11) is 2.16. The first-order chi connectivity index (χ1) is 24.9. The van der Waals surface area contributed by atoms with E-state index in [2.05, 4.69) is 124 Å². The van der Waals surface area contributed by atoms with Gasteiger partial charge in [0.05, 0.1) is 7.05 Å². The van der Waals surface area contributed by atoms with Crippen LogP contribution in [-0.4, -0.2) is 4.57 Å². The average molecular weight is 643 g/mol. The largest absolute Gasteiger partial charge is 0.455 e. The second-order valence-electron chi connectivity index (χ2n) is 13.9. The van der Waals surface area contributed by atoms with Gasteiger partial charge in [-0.2, -0.15) is 4.57 Å². The molecule has 0 aliphatic heterocycles. The molecule has 8 aromatic rings. The van der Waals surface area contributed by atoms with Crippen molar-refractivity contribution in [1.29, 1.82) is 0 Å². The number of aromatic nitrogens is 2. The van der Waals surface area contributed by atoms with Crippen LogP contribution >= 0.6 is 0 Å². The zero-order chi connectivity index (χ0) is 36.5. The number of nitrogens with zero attached hydrogens (tertiary/aromatic N) is 2. The van der Waals surface area contributed by atoms with Crippen molar-refractivity contribution < 1.29 is 13.1 Å².